The van der Waals surface area contributed by atoms with Crippen molar-refractivity contribution in [3.05, 3.63) is 0 Å². The molecule has 0 aromatic heterocycles. The molecular formula is C57H117N3. The molecule has 3 nitrogen and oxygen atoms in total. The van der Waals surface area contributed by atoms with Crippen LogP contribution in [0.4, 0.5) is 0 Å². The highest BCUT2D eigenvalue weighted by Crippen LogP contribution is 2.33. The molecule has 360 valence electrons. The topological polar surface area (TPSA) is 9.72 Å². The van der Waals surface area contributed by atoms with Gasteiger partial charge in [-0.25, -0.2) is 0 Å². The zero-order valence-corrected chi connectivity index (χ0v) is 42.9. The second-order valence-electron chi connectivity index (χ2n) is 20.6. The molecule has 1 aliphatic rings. The first-order chi connectivity index (χ1) is 29.7. The Balaban J connectivity index is 2.63. The van der Waals surface area contributed by atoms with E-state index in [0.717, 1.165) is 11.8 Å². The van der Waals surface area contributed by atoms with Crippen LogP contribution in [0.3, 0.4) is 0 Å². The summed E-state index contributed by atoms with van der Waals surface area (Å²) >= 11 is 0. The maximum Gasteiger partial charge on any atom is 0.0109 e. The summed E-state index contributed by atoms with van der Waals surface area (Å²) in [6.07, 6.45) is 59.1. The summed E-state index contributed by atoms with van der Waals surface area (Å²) in [5.41, 5.74) is 0. The molecular weight excluding hydrogens is 727 g/mol. The Morgan fingerprint density at radius 1 is 0.217 bits per heavy atom. The number of rotatable bonds is 49. The molecule has 0 N–H and O–H groups in total. The molecule has 3 heteroatoms. The van der Waals surface area contributed by atoms with Gasteiger partial charge >= 0.3 is 0 Å². The van der Waals surface area contributed by atoms with Crippen molar-refractivity contribution in [2.45, 2.75) is 298 Å². The van der Waals surface area contributed by atoms with E-state index in [1.807, 2.05) is 0 Å². The summed E-state index contributed by atoms with van der Waals surface area (Å²) in [6.45, 7) is 23.8. The van der Waals surface area contributed by atoms with Crippen molar-refractivity contribution in [3.8, 4) is 0 Å². The fraction of sp³-hybridized carbons (Fsp3) is 1.00. The van der Waals surface area contributed by atoms with Gasteiger partial charge in [-0.2, -0.15) is 0 Å². The van der Waals surface area contributed by atoms with Gasteiger partial charge in [0, 0.05) is 13.1 Å². The maximum absolute atomic E-state index is 2.95. The fourth-order valence-corrected chi connectivity index (χ4v) is 10.3. The highest BCUT2D eigenvalue weighted by Gasteiger charge is 2.22. The minimum Gasteiger partial charge on any atom is -0.303 e. The number of nitrogens with zero attached hydrogens (tertiary/aromatic N) is 3. The molecule has 1 rings (SSSR count). The molecule has 0 aromatic carbocycles. The third-order valence-corrected chi connectivity index (χ3v) is 14.8. The zero-order valence-electron chi connectivity index (χ0n) is 42.9. The lowest BCUT2D eigenvalue weighted by Crippen LogP contribution is -2.38. The largest absolute Gasteiger partial charge is 0.303 e. The first-order valence-electron chi connectivity index (χ1n) is 28.8. The summed E-state index contributed by atoms with van der Waals surface area (Å²) in [7, 11) is 0. The molecule has 0 amide bonds. The molecule has 0 saturated heterocycles. The monoisotopic (exact) mass is 844 g/mol. The summed E-state index contributed by atoms with van der Waals surface area (Å²) < 4.78 is 0. The van der Waals surface area contributed by atoms with E-state index >= 15 is 0 Å². The Morgan fingerprint density at radius 3 is 0.633 bits per heavy atom. The third-order valence-electron chi connectivity index (χ3n) is 14.8. The van der Waals surface area contributed by atoms with Gasteiger partial charge in [-0.3, -0.25) is 0 Å². The maximum atomic E-state index is 2.95. The van der Waals surface area contributed by atoms with Crippen molar-refractivity contribution in [3.63, 3.8) is 0 Å². The molecule has 0 aromatic rings. The van der Waals surface area contributed by atoms with Crippen LogP contribution in [0.5, 0.6) is 0 Å². The van der Waals surface area contributed by atoms with Crippen LogP contribution in [-0.2, 0) is 0 Å². The number of hydrogen-bond donors (Lipinski definition) is 0. The minimum atomic E-state index is 0.978. The predicted molar refractivity (Wildman–Crippen MR) is 274 cm³/mol. The van der Waals surface area contributed by atoms with Gasteiger partial charge in [-0.05, 0) is 103 Å². The molecule has 1 saturated carbocycles. The Bertz CT molecular complexity index is 756. The Kier molecular flexibility index (Phi) is 45.2. The van der Waals surface area contributed by atoms with E-state index in [9.17, 15) is 0 Å². The predicted octanol–water partition coefficient (Wildman–Crippen LogP) is 18.2. The molecule has 60 heavy (non-hydrogen) atoms. The molecule has 0 unspecified atom stereocenters. The van der Waals surface area contributed by atoms with Gasteiger partial charge < -0.3 is 14.7 Å². The molecule has 1 fully saturated rings. The average molecular weight is 845 g/mol. The molecule has 0 radical (unpaired) electrons. The van der Waals surface area contributed by atoms with Crippen molar-refractivity contribution in [1.82, 2.24) is 14.7 Å². The van der Waals surface area contributed by atoms with Crippen molar-refractivity contribution in [2.24, 2.45) is 11.8 Å². The van der Waals surface area contributed by atoms with Gasteiger partial charge in [0.2, 0.25) is 0 Å². The smallest absolute Gasteiger partial charge is 0.0109 e. The van der Waals surface area contributed by atoms with Crippen molar-refractivity contribution >= 4 is 0 Å². The van der Waals surface area contributed by atoms with E-state index in [2.05, 4.69) is 49.3 Å². The van der Waals surface area contributed by atoms with Gasteiger partial charge in [0.1, 0.15) is 0 Å². The minimum absolute atomic E-state index is 0.978. The Hall–Kier alpha value is -0.120. The molecule has 0 atom stereocenters. The van der Waals surface area contributed by atoms with Gasteiger partial charge in [0.15, 0.2) is 0 Å². The van der Waals surface area contributed by atoms with E-state index in [-0.39, 0.29) is 0 Å². The highest BCUT2D eigenvalue weighted by atomic mass is 15.2. The van der Waals surface area contributed by atoms with Gasteiger partial charge in [0.25, 0.3) is 0 Å². The first-order valence-corrected chi connectivity index (χ1v) is 28.8. The summed E-state index contributed by atoms with van der Waals surface area (Å²) in [6, 6.07) is 0. The van der Waals surface area contributed by atoms with Crippen LogP contribution in [0.25, 0.3) is 0 Å². The molecule has 0 aliphatic heterocycles. The lowest BCUT2D eigenvalue weighted by atomic mass is 9.79. The zero-order chi connectivity index (χ0) is 43.2. The summed E-state index contributed by atoms with van der Waals surface area (Å²) in [4.78, 5) is 8.77. The van der Waals surface area contributed by atoms with E-state index in [0.29, 0.717) is 0 Å². The second-order valence-corrected chi connectivity index (χ2v) is 20.6. The van der Waals surface area contributed by atoms with Crippen molar-refractivity contribution in [2.75, 3.05) is 58.9 Å². The van der Waals surface area contributed by atoms with Gasteiger partial charge in [-0.1, -0.05) is 253 Å². The average Bonchev–Trinajstić information content (AvgIpc) is 3.26. The fourth-order valence-electron chi connectivity index (χ4n) is 10.3. The van der Waals surface area contributed by atoms with Crippen LogP contribution in [-0.4, -0.2) is 73.6 Å². The van der Waals surface area contributed by atoms with E-state index < -0.39 is 0 Å². The van der Waals surface area contributed by atoms with E-state index in [1.54, 1.807) is 0 Å². The summed E-state index contributed by atoms with van der Waals surface area (Å²) in [5.74, 6) is 1.97. The van der Waals surface area contributed by atoms with Crippen LogP contribution >= 0.6 is 0 Å². The second kappa shape index (κ2) is 46.9. The number of unbranched alkanes of at least 4 members (excludes halogenated alkanes) is 30. The van der Waals surface area contributed by atoms with Crippen molar-refractivity contribution < 1.29 is 0 Å². The highest BCUT2D eigenvalue weighted by molar-refractivity contribution is 4.76. The molecule has 0 bridgehead atoms. The first kappa shape index (κ1) is 57.9. The Morgan fingerprint density at radius 2 is 0.400 bits per heavy atom. The quantitative estimate of drug-likeness (QED) is 0.0565. The third kappa shape index (κ3) is 38.3. The number of hydrogen-bond acceptors (Lipinski definition) is 3. The van der Waals surface area contributed by atoms with E-state index in [1.165, 1.54) is 322 Å². The molecule has 1 aliphatic carbocycles. The van der Waals surface area contributed by atoms with E-state index in [4.69, 9.17) is 0 Å². The summed E-state index contributed by atoms with van der Waals surface area (Å²) in [5, 5.41) is 0. The van der Waals surface area contributed by atoms with Crippen molar-refractivity contribution in [1.29, 1.82) is 0 Å². The van der Waals surface area contributed by atoms with Crippen LogP contribution < -0.4 is 0 Å². The van der Waals surface area contributed by atoms with Gasteiger partial charge in [-0.15, -0.1) is 0 Å². The van der Waals surface area contributed by atoms with Crippen LogP contribution in [0.2, 0.25) is 0 Å². The van der Waals surface area contributed by atoms with Gasteiger partial charge in [0.05, 0.1) is 0 Å². The lowest BCUT2D eigenvalue weighted by Gasteiger charge is -2.33. The van der Waals surface area contributed by atoms with Crippen LogP contribution in [0, 0.1) is 11.8 Å². The van der Waals surface area contributed by atoms with Crippen LogP contribution in [0.1, 0.15) is 298 Å². The molecule has 0 spiro atoms. The lowest BCUT2D eigenvalue weighted by molar-refractivity contribution is 0.168. The van der Waals surface area contributed by atoms with Crippen LogP contribution in [0.15, 0.2) is 0 Å². The standard InChI is InChI=1S/C57H117N3/c1-6-11-16-21-26-31-36-47-58(48-37-32-27-22-17-12-7-2)52-45-56-41-43-57(44-42-56)46-53-60(51-40-35-30-25-20-15-10-5)55-54-59(49-38-33-28-23-18-13-8-3)50-39-34-29-24-19-14-9-4/h56-57H,6-55H2,1-5H3. The normalized spacial score (nSPS) is 16.0. The molecule has 0 heterocycles. The SMILES string of the molecule is CCCCCCCCCN(CCCCCCCCC)CCC1CCC(CCN(CCCCCCCCC)CCN(CCCCCCCCC)CCCCCCCCC)CC1. The Labute approximate surface area is 381 Å².